The SMILES string of the molecule is C=CCN(C(=O)c1ccc(COc2cccc(Br)c2)o1)C1CC1. The maximum atomic E-state index is 12.5. The van der Waals surface area contributed by atoms with Crippen molar-refractivity contribution in [1.82, 2.24) is 4.90 Å². The monoisotopic (exact) mass is 375 g/mol. The number of ether oxygens (including phenoxy) is 1. The molecule has 1 aromatic heterocycles. The van der Waals surface area contributed by atoms with Gasteiger partial charge in [0.1, 0.15) is 18.1 Å². The molecule has 0 atom stereocenters. The Hall–Kier alpha value is -2.01. The van der Waals surface area contributed by atoms with Crippen molar-refractivity contribution in [3.05, 3.63) is 65.0 Å². The van der Waals surface area contributed by atoms with Crippen LogP contribution in [0.25, 0.3) is 0 Å². The average molecular weight is 376 g/mol. The summed E-state index contributed by atoms with van der Waals surface area (Å²) in [5.41, 5.74) is 0. The van der Waals surface area contributed by atoms with Crippen LogP contribution in [0.5, 0.6) is 5.75 Å². The number of carbonyl (C=O) groups excluding carboxylic acids is 1. The summed E-state index contributed by atoms with van der Waals surface area (Å²) < 4.78 is 12.3. The zero-order chi connectivity index (χ0) is 16.2. The van der Waals surface area contributed by atoms with Crippen molar-refractivity contribution >= 4 is 21.8 Å². The number of rotatable bonds is 7. The van der Waals surface area contributed by atoms with Gasteiger partial charge in [0.2, 0.25) is 0 Å². The van der Waals surface area contributed by atoms with Crippen LogP contribution in [0.2, 0.25) is 0 Å². The molecule has 1 heterocycles. The van der Waals surface area contributed by atoms with E-state index in [9.17, 15) is 4.79 Å². The number of hydrogen-bond acceptors (Lipinski definition) is 3. The second-order valence-electron chi connectivity index (χ2n) is 5.49. The highest BCUT2D eigenvalue weighted by molar-refractivity contribution is 9.10. The average Bonchev–Trinajstić information content (AvgIpc) is 3.27. The van der Waals surface area contributed by atoms with Gasteiger partial charge in [0.25, 0.3) is 5.91 Å². The lowest BCUT2D eigenvalue weighted by molar-refractivity contribution is 0.0726. The maximum Gasteiger partial charge on any atom is 0.290 e. The Morgan fingerprint density at radius 1 is 1.39 bits per heavy atom. The standard InChI is InChI=1S/C18H18BrNO3/c1-2-10-20(14-6-7-14)18(21)17-9-8-16(23-17)12-22-15-5-3-4-13(19)11-15/h2-5,8-9,11,14H,1,6-7,10,12H2. The topological polar surface area (TPSA) is 42.7 Å². The van der Waals surface area contributed by atoms with Gasteiger partial charge in [-0.3, -0.25) is 4.79 Å². The van der Waals surface area contributed by atoms with Gasteiger partial charge in [-0.1, -0.05) is 28.1 Å². The van der Waals surface area contributed by atoms with E-state index in [1.54, 1.807) is 18.2 Å². The van der Waals surface area contributed by atoms with Crippen molar-refractivity contribution in [3.8, 4) is 5.75 Å². The molecule has 0 saturated heterocycles. The molecule has 120 valence electrons. The van der Waals surface area contributed by atoms with Crippen LogP contribution in [0.1, 0.15) is 29.2 Å². The molecule has 1 amide bonds. The Morgan fingerprint density at radius 2 is 2.22 bits per heavy atom. The van der Waals surface area contributed by atoms with Gasteiger partial charge in [-0.15, -0.1) is 6.58 Å². The molecule has 3 rings (SSSR count). The van der Waals surface area contributed by atoms with Gasteiger partial charge in [0.15, 0.2) is 5.76 Å². The van der Waals surface area contributed by atoms with E-state index in [-0.39, 0.29) is 12.5 Å². The molecular formula is C18H18BrNO3. The fourth-order valence-corrected chi connectivity index (χ4v) is 2.72. The highest BCUT2D eigenvalue weighted by Crippen LogP contribution is 2.28. The highest BCUT2D eigenvalue weighted by Gasteiger charge is 2.33. The smallest absolute Gasteiger partial charge is 0.290 e. The Morgan fingerprint density at radius 3 is 2.91 bits per heavy atom. The summed E-state index contributed by atoms with van der Waals surface area (Å²) in [5, 5.41) is 0. The van der Waals surface area contributed by atoms with E-state index in [1.807, 2.05) is 29.2 Å². The molecule has 0 aliphatic heterocycles. The number of halogens is 1. The molecule has 0 spiro atoms. The lowest BCUT2D eigenvalue weighted by atomic mass is 10.3. The van der Waals surface area contributed by atoms with Gasteiger partial charge >= 0.3 is 0 Å². The van der Waals surface area contributed by atoms with Gasteiger partial charge in [0, 0.05) is 17.1 Å². The zero-order valence-electron chi connectivity index (χ0n) is 12.7. The highest BCUT2D eigenvalue weighted by atomic mass is 79.9. The van der Waals surface area contributed by atoms with Crippen molar-refractivity contribution in [2.75, 3.05) is 6.54 Å². The summed E-state index contributed by atoms with van der Waals surface area (Å²) in [4.78, 5) is 14.3. The molecule has 0 unspecified atom stereocenters. The van der Waals surface area contributed by atoms with Crippen molar-refractivity contribution in [2.24, 2.45) is 0 Å². The molecular weight excluding hydrogens is 358 g/mol. The van der Waals surface area contributed by atoms with Gasteiger partial charge in [-0.05, 0) is 43.2 Å². The van der Waals surface area contributed by atoms with Gasteiger partial charge in [-0.25, -0.2) is 0 Å². The van der Waals surface area contributed by atoms with Crippen LogP contribution in [0.3, 0.4) is 0 Å². The van der Waals surface area contributed by atoms with Crippen LogP contribution < -0.4 is 4.74 Å². The second kappa shape index (κ2) is 7.04. The minimum atomic E-state index is -0.0823. The molecule has 1 saturated carbocycles. The van der Waals surface area contributed by atoms with E-state index in [0.29, 0.717) is 24.1 Å². The molecule has 0 radical (unpaired) electrons. The molecule has 23 heavy (non-hydrogen) atoms. The Balaban J connectivity index is 1.63. The van der Waals surface area contributed by atoms with Crippen molar-refractivity contribution < 1.29 is 13.9 Å². The fourth-order valence-electron chi connectivity index (χ4n) is 2.35. The lowest BCUT2D eigenvalue weighted by Crippen LogP contribution is -2.32. The van der Waals surface area contributed by atoms with E-state index in [0.717, 1.165) is 23.1 Å². The number of hydrogen-bond donors (Lipinski definition) is 0. The summed E-state index contributed by atoms with van der Waals surface area (Å²) in [6, 6.07) is 11.4. The van der Waals surface area contributed by atoms with E-state index in [1.165, 1.54) is 0 Å². The van der Waals surface area contributed by atoms with Gasteiger partial charge in [0.05, 0.1) is 0 Å². The first kappa shape index (κ1) is 15.9. The summed E-state index contributed by atoms with van der Waals surface area (Å²) in [6.45, 7) is 4.55. The van der Waals surface area contributed by atoms with E-state index in [2.05, 4.69) is 22.5 Å². The van der Waals surface area contributed by atoms with Crippen LogP contribution >= 0.6 is 15.9 Å². The third-order valence-corrected chi connectivity index (χ3v) is 4.12. The normalized spacial score (nSPS) is 13.6. The van der Waals surface area contributed by atoms with Crippen LogP contribution in [-0.4, -0.2) is 23.4 Å². The van der Waals surface area contributed by atoms with E-state index in [4.69, 9.17) is 9.15 Å². The Bertz CT molecular complexity index is 706. The first-order chi connectivity index (χ1) is 11.2. The summed E-state index contributed by atoms with van der Waals surface area (Å²) >= 11 is 3.40. The Kier molecular flexibility index (Phi) is 4.86. The third kappa shape index (κ3) is 4.05. The van der Waals surface area contributed by atoms with Crippen LogP contribution in [0.4, 0.5) is 0 Å². The molecule has 1 aromatic carbocycles. The molecule has 0 bridgehead atoms. The predicted molar refractivity (Wildman–Crippen MR) is 91.4 cm³/mol. The number of amides is 1. The minimum Gasteiger partial charge on any atom is -0.486 e. The first-order valence-corrected chi connectivity index (χ1v) is 8.35. The third-order valence-electron chi connectivity index (χ3n) is 3.62. The lowest BCUT2D eigenvalue weighted by Gasteiger charge is -2.18. The molecule has 2 aromatic rings. The number of carbonyl (C=O) groups is 1. The van der Waals surface area contributed by atoms with E-state index < -0.39 is 0 Å². The largest absolute Gasteiger partial charge is 0.486 e. The van der Waals surface area contributed by atoms with E-state index >= 15 is 0 Å². The summed E-state index contributed by atoms with van der Waals surface area (Å²) in [7, 11) is 0. The van der Waals surface area contributed by atoms with Crippen molar-refractivity contribution in [3.63, 3.8) is 0 Å². The minimum absolute atomic E-state index is 0.0823. The molecule has 1 aliphatic carbocycles. The maximum absolute atomic E-state index is 12.5. The number of furan rings is 1. The predicted octanol–water partition coefficient (Wildman–Crippen LogP) is 4.41. The van der Waals surface area contributed by atoms with Gasteiger partial charge < -0.3 is 14.1 Å². The summed E-state index contributed by atoms with van der Waals surface area (Å²) in [6.07, 6.45) is 3.86. The zero-order valence-corrected chi connectivity index (χ0v) is 14.3. The molecule has 1 aliphatic rings. The molecule has 4 nitrogen and oxygen atoms in total. The van der Waals surface area contributed by atoms with Gasteiger partial charge in [-0.2, -0.15) is 0 Å². The van der Waals surface area contributed by atoms with Crippen LogP contribution in [0.15, 0.2) is 57.9 Å². The number of benzene rings is 1. The van der Waals surface area contributed by atoms with Crippen LogP contribution in [0, 0.1) is 0 Å². The second-order valence-corrected chi connectivity index (χ2v) is 6.41. The molecule has 0 N–H and O–H groups in total. The first-order valence-electron chi connectivity index (χ1n) is 7.56. The Labute approximate surface area is 143 Å². The van der Waals surface area contributed by atoms with Crippen LogP contribution in [-0.2, 0) is 6.61 Å². The molecule has 1 fully saturated rings. The molecule has 5 heteroatoms. The number of nitrogens with zero attached hydrogens (tertiary/aromatic N) is 1. The van der Waals surface area contributed by atoms with Crippen molar-refractivity contribution in [2.45, 2.75) is 25.5 Å². The summed E-state index contributed by atoms with van der Waals surface area (Å²) in [5.74, 6) is 1.64. The quantitative estimate of drug-likeness (QED) is 0.673. The van der Waals surface area contributed by atoms with Crippen molar-refractivity contribution in [1.29, 1.82) is 0 Å². The fraction of sp³-hybridized carbons (Fsp3) is 0.278.